The van der Waals surface area contributed by atoms with E-state index in [0.29, 0.717) is 13.2 Å². The zero-order valence-corrected chi connectivity index (χ0v) is 12.8. The van der Waals surface area contributed by atoms with Gasteiger partial charge in [0.05, 0.1) is 18.7 Å². The lowest BCUT2D eigenvalue weighted by Gasteiger charge is -2.30. The van der Waals surface area contributed by atoms with Gasteiger partial charge in [-0.1, -0.05) is 43.7 Å². The topological polar surface area (TPSA) is 55.6 Å². The third kappa shape index (κ3) is 4.55. The fourth-order valence-electron chi connectivity index (χ4n) is 2.78. The molecular weight excluding hydrogens is 264 g/mol. The van der Waals surface area contributed by atoms with Crippen LogP contribution >= 0.6 is 0 Å². The molecular formula is C17H26N2O2. The van der Waals surface area contributed by atoms with Gasteiger partial charge in [0, 0.05) is 13.2 Å². The van der Waals surface area contributed by atoms with E-state index in [0.717, 1.165) is 32.3 Å². The molecule has 4 heteroatoms. The first-order valence-corrected chi connectivity index (χ1v) is 7.90. The highest BCUT2D eigenvalue weighted by atomic mass is 16.5. The van der Waals surface area contributed by atoms with E-state index in [-0.39, 0.29) is 18.0 Å². The predicted molar refractivity (Wildman–Crippen MR) is 84.0 cm³/mol. The van der Waals surface area contributed by atoms with Gasteiger partial charge in [-0.3, -0.25) is 4.79 Å². The first kappa shape index (κ1) is 16.0. The second-order valence-electron chi connectivity index (χ2n) is 5.68. The molecule has 0 aromatic heterocycles. The molecule has 0 spiro atoms. The Morgan fingerprint density at radius 3 is 2.81 bits per heavy atom. The quantitative estimate of drug-likeness (QED) is 0.835. The van der Waals surface area contributed by atoms with Crippen LogP contribution in [0.1, 0.15) is 31.7 Å². The Balaban J connectivity index is 1.99. The molecule has 0 saturated carbocycles. The monoisotopic (exact) mass is 290 g/mol. The van der Waals surface area contributed by atoms with Crippen LogP contribution in [0.15, 0.2) is 30.3 Å². The van der Waals surface area contributed by atoms with Crippen molar-refractivity contribution < 1.29 is 9.53 Å². The highest BCUT2D eigenvalue weighted by Crippen LogP contribution is 2.15. The summed E-state index contributed by atoms with van der Waals surface area (Å²) in [5, 5.41) is 0. The summed E-state index contributed by atoms with van der Waals surface area (Å²) in [6.07, 6.45) is 3.45. The number of carbonyl (C=O) groups excluding carboxylic acids is 1. The van der Waals surface area contributed by atoms with E-state index in [9.17, 15) is 4.79 Å². The summed E-state index contributed by atoms with van der Waals surface area (Å²) in [4.78, 5) is 14.5. The van der Waals surface area contributed by atoms with Gasteiger partial charge in [-0.2, -0.15) is 0 Å². The van der Waals surface area contributed by atoms with Crippen molar-refractivity contribution >= 4 is 5.91 Å². The predicted octanol–water partition coefficient (Wildman–Crippen LogP) is 1.97. The van der Waals surface area contributed by atoms with Crippen molar-refractivity contribution in [3.63, 3.8) is 0 Å². The average Bonchev–Trinajstić information content (AvgIpc) is 3.03. The van der Waals surface area contributed by atoms with Gasteiger partial charge in [-0.05, 0) is 24.8 Å². The third-order valence-electron chi connectivity index (χ3n) is 4.03. The van der Waals surface area contributed by atoms with Gasteiger partial charge in [0.15, 0.2) is 0 Å². The molecule has 1 saturated heterocycles. The van der Waals surface area contributed by atoms with Crippen LogP contribution in [0.4, 0.5) is 0 Å². The number of benzene rings is 1. The van der Waals surface area contributed by atoms with Crippen LogP contribution in [0, 0.1) is 0 Å². The second-order valence-corrected chi connectivity index (χ2v) is 5.68. The summed E-state index contributed by atoms with van der Waals surface area (Å²) in [6, 6.07) is 10.1. The smallest absolute Gasteiger partial charge is 0.239 e. The molecule has 0 radical (unpaired) electrons. The Labute approximate surface area is 127 Å². The molecule has 116 valence electrons. The minimum absolute atomic E-state index is 0.0725. The van der Waals surface area contributed by atoms with Crippen LogP contribution in [-0.4, -0.2) is 42.6 Å². The average molecular weight is 290 g/mol. The van der Waals surface area contributed by atoms with E-state index in [4.69, 9.17) is 10.5 Å². The first-order chi connectivity index (χ1) is 10.2. The highest BCUT2D eigenvalue weighted by Gasteiger charge is 2.29. The molecule has 0 aliphatic carbocycles. The number of ether oxygens (including phenoxy) is 1. The zero-order chi connectivity index (χ0) is 15.1. The van der Waals surface area contributed by atoms with Gasteiger partial charge in [-0.15, -0.1) is 0 Å². The van der Waals surface area contributed by atoms with Gasteiger partial charge in [0.2, 0.25) is 5.91 Å². The zero-order valence-electron chi connectivity index (χ0n) is 12.8. The first-order valence-electron chi connectivity index (χ1n) is 7.90. The molecule has 2 N–H and O–H groups in total. The lowest BCUT2D eigenvalue weighted by molar-refractivity contribution is -0.135. The lowest BCUT2D eigenvalue weighted by atomic mass is 10.1. The number of carbonyl (C=O) groups is 1. The van der Waals surface area contributed by atoms with Crippen molar-refractivity contribution in [1.29, 1.82) is 0 Å². The fourth-order valence-corrected chi connectivity index (χ4v) is 2.78. The van der Waals surface area contributed by atoms with Crippen LogP contribution < -0.4 is 5.73 Å². The number of hydrogen-bond acceptors (Lipinski definition) is 3. The molecule has 2 rings (SSSR count). The van der Waals surface area contributed by atoms with Crippen molar-refractivity contribution in [2.75, 3.05) is 19.8 Å². The minimum Gasteiger partial charge on any atom is -0.379 e. The highest BCUT2D eigenvalue weighted by molar-refractivity contribution is 5.82. The fraction of sp³-hybridized carbons (Fsp3) is 0.588. The minimum atomic E-state index is -0.383. The van der Waals surface area contributed by atoms with Crippen LogP contribution in [-0.2, 0) is 16.0 Å². The van der Waals surface area contributed by atoms with Gasteiger partial charge < -0.3 is 15.4 Å². The van der Waals surface area contributed by atoms with Gasteiger partial charge in [-0.25, -0.2) is 0 Å². The summed E-state index contributed by atoms with van der Waals surface area (Å²) in [5.41, 5.74) is 7.28. The maximum absolute atomic E-state index is 12.6. The Morgan fingerprint density at radius 2 is 2.19 bits per heavy atom. The number of nitrogens with zero attached hydrogens (tertiary/aromatic N) is 1. The molecule has 1 aromatic rings. The summed E-state index contributed by atoms with van der Waals surface area (Å²) in [7, 11) is 0. The largest absolute Gasteiger partial charge is 0.379 e. The number of hydrogen-bond donors (Lipinski definition) is 1. The Kier molecular flexibility index (Phi) is 6.21. The van der Waals surface area contributed by atoms with E-state index in [1.54, 1.807) is 0 Å². The van der Waals surface area contributed by atoms with E-state index in [2.05, 4.69) is 19.1 Å². The molecule has 1 aromatic carbocycles. The normalized spacial score (nSPS) is 19.4. The summed E-state index contributed by atoms with van der Waals surface area (Å²) in [5.74, 6) is 0.0725. The van der Waals surface area contributed by atoms with Crippen LogP contribution in [0.5, 0.6) is 0 Å². The van der Waals surface area contributed by atoms with Crippen molar-refractivity contribution in [3.05, 3.63) is 35.9 Å². The molecule has 1 fully saturated rings. The molecule has 0 bridgehead atoms. The van der Waals surface area contributed by atoms with Gasteiger partial charge in [0.1, 0.15) is 0 Å². The Bertz CT molecular complexity index is 430. The van der Waals surface area contributed by atoms with Crippen molar-refractivity contribution in [3.8, 4) is 0 Å². The molecule has 21 heavy (non-hydrogen) atoms. The summed E-state index contributed by atoms with van der Waals surface area (Å²) in [6.45, 7) is 4.15. The van der Waals surface area contributed by atoms with E-state index in [1.165, 1.54) is 5.56 Å². The van der Waals surface area contributed by atoms with Crippen LogP contribution in [0.2, 0.25) is 0 Å². The standard InChI is InChI=1S/C17H26N2O2/c1-2-6-16(18)17(20)19(15-10-12-21-13-15)11-9-14-7-4-3-5-8-14/h3-5,7-8,15-16H,2,6,9-13,18H2,1H3. The third-order valence-corrected chi connectivity index (χ3v) is 4.03. The van der Waals surface area contributed by atoms with Crippen LogP contribution in [0.3, 0.4) is 0 Å². The van der Waals surface area contributed by atoms with E-state index in [1.807, 2.05) is 23.1 Å². The Hall–Kier alpha value is -1.39. The van der Waals surface area contributed by atoms with Gasteiger partial charge in [0.25, 0.3) is 0 Å². The summed E-state index contributed by atoms with van der Waals surface area (Å²) >= 11 is 0. The SMILES string of the molecule is CCCC(N)C(=O)N(CCc1ccccc1)C1CCOC1. The van der Waals surface area contributed by atoms with E-state index >= 15 is 0 Å². The molecule has 2 unspecified atom stereocenters. The molecule has 2 atom stereocenters. The second kappa shape index (κ2) is 8.15. The van der Waals surface area contributed by atoms with Crippen molar-refractivity contribution in [1.82, 2.24) is 4.90 Å². The maximum atomic E-state index is 12.6. The molecule has 1 aliphatic rings. The van der Waals surface area contributed by atoms with Gasteiger partial charge >= 0.3 is 0 Å². The number of nitrogens with two attached hydrogens (primary N) is 1. The Morgan fingerprint density at radius 1 is 1.43 bits per heavy atom. The lowest BCUT2D eigenvalue weighted by Crippen LogP contribution is -2.49. The summed E-state index contributed by atoms with van der Waals surface area (Å²) < 4.78 is 5.45. The molecule has 1 aliphatic heterocycles. The maximum Gasteiger partial charge on any atom is 0.239 e. The molecule has 1 heterocycles. The van der Waals surface area contributed by atoms with E-state index < -0.39 is 0 Å². The van der Waals surface area contributed by atoms with Crippen LogP contribution in [0.25, 0.3) is 0 Å². The number of rotatable bonds is 7. The van der Waals surface area contributed by atoms with Crippen molar-refractivity contribution in [2.24, 2.45) is 5.73 Å². The molecule has 1 amide bonds. The van der Waals surface area contributed by atoms with Crippen molar-refractivity contribution in [2.45, 2.75) is 44.7 Å². The molecule has 4 nitrogen and oxygen atoms in total. The number of amides is 1.